The summed E-state index contributed by atoms with van der Waals surface area (Å²) >= 11 is 0. The highest BCUT2D eigenvalue weighted by molar-refractivity contribution is 7.50. The van der Waals surface area contributed by atoms with Gasteiger partial charge in [-0.3, -0.25) is 9.55 Å². The van der Waals surface area contributed by atoms with E-state index in [1.54, 1.807) is 6.20 Å². The Morgan fingerprint density at radius 3 is 3.13 bits per heavy atom. The summed E-state index contributed by atoms with van der Waals surface area (Å²) in [4.78, 5) is 8.25. The third-order valence-electron chi connectivity index (χ3n) is 2.31. The van der Waals surface area contributed by atoms with E-state index in [0.29, 0.717) is 11.0 Å². The molecule has 4 nitrogen and oxygen atoms in total. The van der Waals surface area contributed by atoms with E-state index in [1.165, 1.54) is 6.40 Å². The molecule has 1 aliphatic rings. The van der Waals surface area contributed by atoms with Crippen LogP contribution < -0.4 is 5.30 Å². The number of hydrogen-bond donors (Lipinski definition) is 0. The molecule has 15 heavy (non-hydrogen) atoms. The molecule has 1 aromatic heterocycles. The van der Waals surface area contributed by atoms with Crippen molar-refractivity contribution in [3.05, 3.63) is 30.5 Å². The summed E-state index contributed by atoms with van der Waals surface area (Å²) in [6.45, 7) is 0. The van der Waals surface area contributed by atoms with Gasteiger partial charge in [0.15, 0.2) is 6.40 Å². The molecule has 2 aromatic rings. The van der Waals surface area contributed by atoms with Gasteiger partial charge in [-0.05, 0) is 12.1 Å². The van der Waals surface area contributed by atoms with E-state index in [0.717, 1.165) is 10.9 Å². The van der Waals surface area contributed by atoms with Crippen molar-refractivity contribution in [2.75, 3.05) is 0 Å². The number of nitrogens with zero attached hydrogens (tertiary/aromatic N) is 2. The molecule has 0 bridgehead atoms. The smallest absolute Gasteiger partial charge is 0.271 e. The Kier molecular flexibility index (Phi) is 1.82. The predicted octanol–water partition coefficient (Wildman–Crippen LogP) is 2.02. The maximum absolute atomic E-state index is 11.7. The van der Waals surface area contributed by atoms with Crippen molar-refractivity contribution >= 4 is 36.3 Å². The number of aliphatic imine (C=N–C) groups is 1. The summed E-state index contributed by atoms with van der Waals surface area (Å²) in [7, 11) is -2.24. The molecule has 0 fully saturated rings. The van der Waals surface area contributed by atoms with Gasteiger partial charge in [0, 0.05) is 11.6 Å². The minimum atomic E-state index is -2.24. The number of fused-ring (bicyclic) bond motifs is 3. The normalized spacial score (nSPS) is 18.5. The van der Waals surface area contributed by atoms with E-state index in [9.17, 15) is 4.57 Å². The molecule has 0 spiro atoms. The fraction of sp³-hybridized carbons (Fsp3) is 0. The van der Waals surface area contributed by atoms with Crippen LogP contribution in [0.5, 0.6) is 0 Å². The van der Waals surface area contributed by atoms with Crippen LogP contribution in [-0.4, -0.2) is 11.4 Å². The highest BCUT2D eigenvalue weighted by atomic mass is 31.1. The molecular weight excluding hydrogens is 211 g/mol. The Morgan fingerprint density at radius 2 is 2.20 bits per heavy atom. The van der Waals surface area contributed by atoms with E-state index >= 15 is 0 Å². The zero-order valence-electron chi connectivity index (χ0n) is 7.68. The largest absolute Gasteiger partial charge is 0.430 e. The first kappa shape index (κ1) is 8.62. The van der Waals surface area contributed by atoms with E-state index in [-0.39, 0.29) is 0 Å². The molecule has 1 aromatic carbocycles. The Labute approximate surface area is 86.5 Å². The third kappa shape index (κ3) is 1.26. The van der Waals surface area contributed by atoms with Crippen LogP contribution in [0.25, 0.3) is 10.9 Å². The van der Waals surface area contributed by atoms with Crippen molar-refractivity contribution in [3.8, 4) is 0 Å². The van der Waals surface area contributed by atoms with Gasteiger partial charge in [0.1, 0.15) is 0 Å². The van der Waals surface area contributed by atoms with Crippen LogP contribution in [0, 0.1) is 0 Å². The van der Waals surface area contributed by atoms with Crippen LogP contribution in [0.4, 0.5) is 5.69 Å². The number of aromatic nitrogens is 1. The summed E-state index contributed by atoms with van der Waals surface area (Å²) in [5.41, 5.74) is 1.41. The second-order valence-electron chi connectivity index (χ2n) is 3.17. The third-order valence-corrected chi connectivity index (χ3v) is 3.53. The van der Waals surface area contributed by atoms with Crippen LogP contribution >= 0.6 is 8.03 Å². The lowest BCUT2D eigenvalue weighted by Crippen LogP contribution is -2.06. The number of benzene rings is 1. The van der Waals surface area contributed by atoms with Crippen LogP contribution in [-0.2, 0) is 9.09 Å². The zero-order valence-corrected chi connectivity index (χ0v) is 8.68. The molecule has 0 N–H and O–H groups in total. The van der Waals surface area contributed by atoms with Crippen LogP contribution in [0.3, 0.4) is 0 Å². The van der Waals surface area contributed by atoms with Gasteiger partial charge in [0.25, 0.3) is 8.03 Å². The average Bonchev–Trinajstić information content (AvgIpc) is 2.29. The molecule has 1 aliphatic heterocycles. The molecule has 2 heterocycles. The minimum absolute atomic E-state index is 0.626. The monoisotopic (exact) mass is 218 g/mol. The topological polar surface area (TPSA) is 51.5 Å². The Bertz CT molecular complexity index is 595. The van der Waals surface area contributed by atoms with Gasteiger partial charge in [-0.1, -0.05) is 12.1 Å². The Hall–Kier alpha value is -1.67. The van der Waals surface area contributed by atoms with Crippen molar-refractivity contribution in [1.82, 2.24) is 4.98 Å². The quantitative estimate of drug-likeness (QED) is 0.635. The molecule has 5 heteroatoms. The van der Waals surface area contributed by atoms with Crippen LogP contribution in [0.1, 0.15) is 0 Å². The molecule has 74 valence electrons. The van der Waals surface area contributed by atoms with Gasteiger partial charge in [0.2, 0.25) is 0 Å². The van der Waals surface area contributed by atoms with Gasteiger partial charge in [-0.25, -0.2) is 4.99 Å². The van der Waals surface area contributed by atoms with Crippen LogP contribution in [0.2, 0.25) is 0 Å². The summed E-state index contributed by atoms with van der Waals surface area (Å²) in [5, 5.41) is 1.58. The second-order valence-corrected chi connectivity index (χ2v) is 4.49. The number of pyridine rings is 1. The highest BCUT2D eigenvalue weighted by Crippen LogP contribution is 2.33. The van der Waals surface area contributed by atoms with Crippen molar-refractivity contribution in [1.29, 1.82) is 0 Å². The maximum atomic E-state index is 11.7. The van der Waals surface area contributed by atoms with Gasteiger partial charge in [0.05, 0.1) is 16.5 Å². The van der Waals surface area contributed by atoms with E-state index in [4.69, 9.17) is 4.52 Å². The summed E-state index contributed by atoms with van der Waals surface area (Å²) in [6, 6.07) is 7.52. The SMILES string of the molecule is O=[PH]1OC=Nc2ccc3cccnc3c21. The summed E-state index contributed by atoms with van der Waals surface area (Å²) in [6.07, 6.45) is 2.91. The van der Waals surface area contributed by atoms with Crippen LogP contribution in [0.15, 0.2) is 35.5 Å². The van der Waals surface area contributed by atoms with E-state index in [1.807, 2.05) is 24.3 Å². The van der Waals surface area contributed by atoms with E-state index < -0.39 is 8.03 Å². The van der Waals surface area contributed by atoms with Crippen molar-refractivity contribution < 1.29 is 9.09 Å². The van der Waals surface area contributed by atoms with Gasteiger partial charge in [-0.2, -0.15) is 0 Å². The van der Waals surface area contributed by atoms with Gasteiger partial charge in [-0.15, -0.1) is 0 Å². The fourth-order valence-electron chi connectivity index (χ4n) is 1.63. The van der Waals surface area contributed by atoms with Crippen molar-refractivity contribution in [2.45, 2.75) is 0 Å². The fourth-order valence-corrected chi connectivity index (χ4v) is 2.66. The highest BCUT2D eigenvalue weighted by Gasteiger charge is 2.17. The summed E-state index contributed by atoms with van der Waals surface area (Å²) < 4.78 is 16.7. The molecule has 0 amide bonds. The molecule has 0 saturated carbocycles. The lowest BCUT2D eigenvalue weighted by atomic mass is 10.2. The average molecular weight is 218 g/mol. The van der Waals surface area contributed by atoms with E-state index in [2.05, 4.69) is 9.98 Å². The zero-order chi connectivity index (χ0) is 10.3. The molecule has 0 radical (unpaired) electrons. The Morgan fingerprint density at radius 1 is 1.27 bits per heavy atom. The molecular formula is C10H7N2O2P. The Balaban J connectivity index is 2.47. The summed E-state index contributed by atoms with van der Waals surface area (Å²) in [5.74, 6) is 0. The lowest BCUT2D eigenvalue weighted by molar-refractivity contribution is 0.519. The standard InChI is InChI=1S/C10H7N2O2P/c13-15-10-8(12-6-14-15)4-3-7-2-1-5-11-9(7)10/h1-6,15H. The first-order chi connectivity index (χ1) is 7.36. The second kappa shape index (κ2) is 3.17. The predicted molar refractivity (Wildman–Crippen MR) is 59.6 cm³/mol. The first-order valence-corrected chi connectivity index (χ1v) is 5.79. The van der Waals surface area contributed by atoms with Crippen molar-refractivity contribution in [3.63, 3.8) is 0 Å². The minimum Gasteiger partial charge on any atom is -0.430 e. The molecule has 3 rings (SSSR count). The molecule has 1 atom stereocenters. The van der Waals surface area contributed by atoms with Crippen molar-refractivity contribution in [2.24, 2.45) is 4.99 Å². The molecule has 0 saturated heterocycles. The molecule has 0 aliphatic carbocycles. The van der Waals surface area contributed by atoms with Gasteiger partial charge < -0.3 is 4.52 Å². The maximum Gasteiger partial charge on any atom is 0.271 e. The first-order valence-electron chi connectivity index (χ1n) is 4.47. The number of rotatable bonds is 0. The van der Waals surface area contributed by atoms with Gasteiger partial charge >= 0.3 is 0 Å². The molecule has 1 unspecified atom stereocenters. The lowest BCUT2D eigenvalue weighted by Gasteiger charge is -2.11. The number of hydrogen-bond acceptors (Lipinski definition) is 4.